The number of aryl methyl sites for hydroxylation is 1. The van der Waals surface area contributed by atoms with Crippen molar-refractivity contribution in [3.8, 4) is 11.6 Å². The first-order valence-electron chi connectivity index (χ1n) is 6.65. The van der Waals surface area contributed by atoms with E-state index in [0.717, 1.165) is 31.4 Å². The maximum absolute atomic E-state index is 5.71. The lowest BCUT2D eigenvalue weighted by atomic mass is 9.84. The molecule has 0 unspecified atom stereocenters. The fraction of sp³-hybridized carbons (Fsp3) is 0.615. The Labute approximate surface area is 111 Å². The molecule has 102 valence electrons. The first-order valence-corrected chi connectivity index (χ1v) is 6.65. The van der Waals surface area contributed by atoms with Gasteiger partial charge in [0.25, 0.3) is 5.89 Å². The standard InChI is InChI=1S/C13H18N4O2/c1-9-8-10(16-15-9)11-14-12(17-19-11)13(18-2)6-4-3-5-7-13/h8H,3-7H2,1-2H3,(H,15,16). The topological polar surface area (TPSA) is 76.8 Å². The third-order valence-electron chi connectivity index (χ3n) is 3.81. The Kier molecular flexibility index (Phi) is 3.10. The largest absolute Gasteiger partial charge is 0.370 e. The van der Waals surface area contributed by atoms with Crippen molar-refractivity contribution in [2.24, 2.45) is 0 Å². The molecule has 0 atom stereocenters. The summed E-state index contributed by atoms with van der Waals surface area (Å²) in [4.78, 5) is 4.48. The van der Waals surface area contributed by atoms with Crippen LogP contribution in [-0.2, 0) is 10.3 Å². The number of aromatic amines is 1. The van der Waals surface area contributed by atoms with Crippen molar-refractivity contribution in [3.63, 3.8) is 0 Å². The van der Waals surface area contributed by atoms with E-state index in [1.807, 2.05) is 13.0 Å². The highest BCUT2D eigenvalue weighted by Gasteiger charge is 2.38. The number of ether oxygens (including phenoxy) is 1. The normalized spacial score (nSPS) is 18.6. The Morgan fingerprint density at radius 3 is 2.74 bits per heavy atom. The molecule has 1 saturated carbocycles. The Bertz CT molecular complexity index is 554. The zero-order chi connectivity index (χ0) is 13.3. The van der Waals surface area contributed by atoms with E-state index in [1.54, 1.807) is 7.11 Å². The van der Waals surface area contributed by atoms with Gasteiger partial charge in [0.2, 0.25) is 5.82 Å². The molecule has 0 amide bonds. The van der Waals surface area contributed by atoms with Gasteiger partial charge in [0.1, 0.15) is 5.60 Å². The highest BCUT2D eigenvalue weighted by Crippen LogP contribution is 2.39. The molecule has 6 heteroatoms. The summed E-state index contributed by atoms with van der Waals surface area (Å²) in [6.07, 6.45) is 5.41. The van der Waals surface area contributed by atoms with Gasteiger partial charge in [-0.1, -0.05) is 24.4 Å². The molecular formula is C13H18N4O2. The summed E-state index contributed by atoms with van der Waals surface area (Å²) in [6.45, 7) is 1.94. The molecule has 0 spiro atoms. The average molecular weight is 262 g/mol. The Morgan fingerprint density at radius 2 is 2.11 bits per heavy atom. The van der Waals surface area contributed by atoms with E-state index < -0.39 is 0 Å². The van der Waals surface area contributed by atoms with E-state index in [4.69, 9.17) is 9.26 Å². The first kappa shape index (κ1) is 12.3. The first-order chi connectivity index (χ1) is 9.23. The Balaban J connectivity index is 1.91. The molecule has 2 heterocycles. The predicted octanol–water partition coefficient (Wildman–Crippen LogP) is 2.57. The quantitative estimate of drug-likeness (QED) is 0.919. The van der Waals surface area contributed by atoms with Crippen LogP contribution in [0.15, 0.2) is 10.6 Å². The van der Waals surface area contributed by atoms with Gasteiger partial charge in [-0.2, -0.15) is 10.1 Å². The summed E-state index contributed by atoms with van der Waals surface area (Å²) >= 11 is 0. The van der Waals surface area contributed by atoms with Crippen LogP contribution in [0.3, 0.4) is 0 Å². The van der Waals surface area contributed by atoms with Crippen LogP contribution in [0.4, 0.5) is 0 Å². The predicted molar refractivity (Wildman–Crippen MR) is 68.4 cm³/mol. The van der Waals surface area contributed by atoms with E-state index in [9.17, 15) is 0 Å². The molecule has 1 aliphatic carbocycles. The van der Waals surface area contributed by atoms with Crippen molar-refractivity contribution in [2.45, 2.75) is 44.6 Å². The lowest BCUT2D eigenvalue weighted by Crippen LogP contribution is -2.32. The monoisotopic (exact) mass is 262 g/mol. The van der Waals surface area contributed by atoms with Gasteiger partial charge in [0, 0.05) is 12.8 Å². The number of hydrogen-bond donors (Lipinski definition) is 1. The molecule has 3 rings (SSSR count). The van der Waals surface area contributed by atoms with Crippen LogP contribution < -0.4 is 0 Å². The number of nitrogens with zero attached hydrogens (tertiary/aromatic N) is 3. The minimum Gasteiger partial charge on any atom is -0.370 e. The van der Waals surface area contributed by atoms with E-state index in [2.05, 4.69) is 20.3 Å². The minimum absolute atomic E-state index is 0.384. The van der Waals surface area contributed by atoms with Crippen molar-refractivity contribution in [3.05, 3.63) is 17.6 Å². The fourth-order valence-electron chi connectivity index (χ4n) is 2.68. The second-order valence-electron chi connectivity index (χ2n) is 5.12. The number of H-pyrrole nitrogens is 1. The number of rotatable bonds is 3. The van der Waals surface area contributed by atoms with E-state index in [1.165, 1.54) is 6.42 Å². The molecule has 1 aliphatic rings. The van der Waals surface area contributed by atoms with Crippen LogP contribution in [0.25, 0.3) is 11.6 Å². The van der Waals surface area contributed by atoms with Crippen molar-refractivity contribution < 1.29 is 9.26 Å². The van der Waals surface area contributed by atoms with Crippen LogP contribution in [-0.4, -0.2) is 27.4 Å². The summed E-state index contributed by atoms with van der Waals surface area (Å²) in [7, 11) is 1.72. The SMILES string of the molecule is COC1(c2noc(-c3cc(C)[nH]n3)n2)CCCCC1. The van der Waals surface area contributed by atoms with Crippen LogP contribution >= 0.6 is 0 Å². The van der Waals surface area contributed by atoms with Crippen molar-refractivity contribution in [1.29, 1.82) is 0 Å². The lowest BCUT2D eigenvalue weighted by molar-refractivity contribution is -0.0527. The summed E-state index contributed by atoms with van der Waals surface area (Å²) in [5.74, 6) is 1.09. The van der Waals surface area contributed by atoms with Crippen molar-refractivity contribution in [1.82, 2.24) is 20.3 Å². The lowest BCUT2D eigenvalue weighted by Gasteiger charge is -2.32. The summed E-state index contributed by atoms with van der Waals surface area (Å²) < 4.78 is 11.0. The summed E-state index contributed by atoms with van der Waals surface area (Å²) in [6, 6.07) is 1.89. The molecule has 0 aromatic carbocycles. The third-order valence-corrected chi connectivity index (χ3v) is 3.81. The van der Waals surface area contributed by atoms with Crippen LogP contribution in [0.2, 0.25) is 0 Å². The molecule has 0 radical (unpaired) electrons. The summed E-state index contributed by atoms with van der Waals surface area (Å²) in [5.41, 5.74) is 1.26. The molecule has 0 bridgehead atoms. The number of methoxy groups -OCH3 is 1. The minimum atomic E-state index is -0.384. The van der Waals surface area contributed by atoms with Crippen LogP contribution in [0.5, 0.6) is 0 Å². The van der Waals surface area contributed by atoms with Gasteiger partial charge < -0.3 is 9.26 Å². The van der Waals surface area contributed by atoms with Crippen molar-refractivity contribution in [2.75, 3.05) is 7.11 Å². The van der Waals surface area contributed by atoms with E-state index >= 15 is 0 Å². The summed E-state index contributed by atoms with van der Waals surface area (Å²) in [5, 5.41) is 11.1. The number of aromatic nitrogens is 4. The van der Waals surface area contributed by atoms with E-state index in [0.29, 0.717) is 17.4 Å². The van der Waals surface area contributed by atoms with Crippen molar-refractivity contribution >= 4 is 0 Å². The van der Waals surface area contributed by atoms with Gasteiger partial charge in [-0.25, -0.2) is 0 Å². The smallest absolute Gasteiger partial charge is 0.278 e. The zero-order valence-electron chi connectivity index (χ0n) is 11.3. The highest BCUT2D eigenvalue weighted by atomic mass is 16.5. The van der Waals surface area contributed by atoms with E-state index in [-0.39, 0.29) is 5.60 Å². The number of hydrogen-bond acceptors (Lipinski definition) is 5. The van der Waals surface area contributed by atoms with Gasteiger partial charge in [-0.3, -0.25) is 5.10 Å². The van der Waals surface area contributed by atoms with Gasteiger partial charge in [0.15, 0.2) is 5.69 Å². The zero-order valence-corrected chi connectivity index (χ0v) is 11.3. The third kappa shape index (κ3) is 2.16. The molecular weight excluding hydrogens is 244 g/mol. The molecule has 0 aliphatic heterocycles. The molecule has 19 heavy (non-hydrogen) atoms. The van der Waals surface area contributed by atoms with Gasteiger partial charge >= 0.3 is 0 Å². The van der Waals surface area contributed by atoms with Gasteiger partial charge in [-0.15, -0.1) is 0 Å². The number of nitrogens with one attached hydrogen (secondary N) is 1. The van der Waals surface area contributed by atoms with Gasteiger partial charge in [0.05, 0.1) is 0 Å². The molecule has 0 saturated heterocycles. The Morgan fingerprint density at radius 1 is 1.32 bits per heavy atom. The molecule has 2 aromatic rings. The molecule has 2 aromatic heterocycles. The molecule has 1 N–H and O–H groups in total. The second kappa shape index (κ2) is 4.77. The van der Waals surface area contributed by atoms with Crippen LogP contribution in [0, 0.1) is 6.92 Å². The second-order valence-corrected chi connectivity index (χ2v) is 5.12. The Hall–Kier alpha value is -1.69. The average Bonchev–Trinajstić information content (AvgIpc) is 3.08. The van der Waals surface area contributed by atoms with Gasteiger partial charge in [-0.05, 0) is 25.8 Å². The highest BCUT2D eigenvalue weighted by molar-refractivity contribution is 5.46. The molecule has 1 fully saturated rings. The maximum atomic E-state index is 5.71. The molecule has 6 nitrogen and oxygen atoms in total. The maximum Gasteiger partial charge on any atom is 0.278 e. The van der Waals surface area contributed by atoms with Crippen LogP contribution in [0.1, 0.15) is 43.6 Å². The fourth-order valence-corrected chi connectivity index (χ4v) is 2.68.